The van der Waals surface area contributed by atoms with Crippen LogP contribution in [0.4, 0.5) is 0 Å². The molecule has 262 valence electrons. The van der Waals surface area contributed by atoms with Gasteiger partial charge in [-0.3, -0.25) is 0 Å². The lowest BCUT2D eigenvalue weighted by Gasteiger charge is -2.34. The standard InChI is InChI=1S/C52H39N3/c1-5-17-36(18-6-1)49-53-50(37-19-7-2-8-20-37)55-51(54-49)42-24-16-23-40(34-42)38-21-15-22-39(33-38)41-31-32-46-45-29-13-14-30-47(45)52(48(46)35-41,43-25-9-3-10-26-43)44-27-11-4-12-28-44/h1-15,17-19,21-22,24-35,37H,16,20,23H2. The highest BCUT2D eigenvalue weighted by Crippen LogP contribution is 2.56. The van der Waals surface area contributed by atoms with E-state index in [1.54, 1.807) is 0 Å². The normalized spacial score (nSPS) is 16.5. The van der Waals surface area contributed by atoms with E-state index < -0.39 is 5.41 Å². The Morgan fingerprint density at radius 1 is 0.509 bits per heavy atom. The van der Waals surface area contributed by atoms with Crippen LogP contribution in [0.25, 0.3) is 44.8 Å². The van der Waals surface area contributed by atoms with Gasteiger partial charge in [-0.2, -0.15) is 0 Å². The van der Waals surface area contributed by atoms with Crippen LogP contribution < -0.4 is 0 Å². The highest BCUT2D eigenvalue weighted by atomic mass is 15.0. The zero-order chi connectivity index (χ0) is 36.6. The van der Waals surface area contributed by atoms with Gasteiger partial charge in [0.05, 0.1) is 5.41 Å². The summed E-state index contributed by atoms with van der Waals surface area (Å²) in [6.45, 7) is 0. The Morgan fingerprint density at radius 3 is 1.93 bits per heavy atom. The van der Waals surface area contributed by atoms with Crippen molar-refractivity contribution in [3.8, 4) is 33.6 Å². The maximum absolute atomic E-state index is 5.09. The van der Waals surface area contributed by atoms with Crippen LogP contribution in [0.5, 0.6) is 0 Å². The summed E-state index contributed by atoms with van der Waals surface area (Å²) in [6, 6.07) is 57.4. The van der Waals surface area contributed by atoms with Crippen LogP contribution in [0.2, 0.25) is 0 Å². The van der Waals surface area contributed by atoms with Gasteiger partial charge in [0.15, 0.2) is 11.6 Å². The Bertz CT molecular complexity index is 2630. The van der Waals surface area contributed by atoms with Crippen molar-refractivity contribution < 1.29 is 0 Å². The average molecular weight is 706 g/mol. The van der Waals surface area contributed by atoms with E-state index in [1.165, 1.54) is 55.6 Å². The molecule has 55 heavy (non-hydrogen) atoms. The van der Waals surface area contributed by atoms with E-state index in [9.17, 15) is 0 Å². The van der Waals surface area contributed by atoms with Gasteiger partial charge in [0.1, 0.15) is 5.82 Å². The van der Waals surface area contributed by atoms with E-state index in [1.807, 2.05) is 18.2 Å². The summed E-state index contributed by atoms with van der Waals surface area (Å²) in [5.41, 5.74) is 14.3. The second-order valence-electron chi connectivity index (χ2n) is 14.6. The van der Waals surface area contributed by atoms with Crippen molar-refractivity contribution in [2.75, 3.05) is 0 Å². The number of fused-ring (bicyclic) bond motifs is 3. The summed E-state index contributed by atoms with van der Waals surface area (Å²) in [5, 5.41) is 0. The molecule has 0 saturated heterocycles. The Labute approximate surface area is 322 Å². The maximum Gasteiger partial charge on any atom is 0.163 e. The van der Waals surface area contributed by atoms with Gasteiger partial charge >= 0.3 is 0 Å². The fraction of sp³-hybridized carbons (Fsp3) is 0.0962. The largest absolute Gasteiger partial charge is 0.212 e. The molecule has 10 rings (SSSR count). The number of hydrogen-bond acceptors (Lipinski definition) is 3. The van der Waals surface area contributed by atoms with Crippen LogP contribution in [0.3, 0.4) is 0 Å². The third kappa shape index (κ3) is 5.80. The molecule has 1 aromatic heterocycles. The average Bonchev–Trinajstić information content (AvgIpc) is 3.58. The van der Waals surface area contributed by atoms with E-state index >= 15 is 0 Å². The molecule has 0 bridgehead atoms. The van der Waals surface area contributed by atoms with Gasteiger partial charge in [0, 0.05) is 17.1 Å². The summed E-state index contributed by atoms with van der Waals surface area (Å²) in [7, 11) is 0. The summed E-state index contributed by atoms with van der Waals surface area (Å²) < 4.78 is 0. The summed E-state index contributed by atoms with van der Waals surface area (Å²) in [5.74, 6) is 2.39. The van der Waals surface area contributed by atoms with Gasteiger partial charge < -0.3 is 0 Å². The molecule has 1 heterocycles. The number of benzene rings is 6. The SMILES string of the molecule is C1=CCC(c2nc(C3=CCCC(c4cccc(-c5ccc6c(c5)C(c5ccccc5)(c5ccccc5)c5ccccc5-6)c4)=C3)nc(-c3ccccc3)n2)C=C1. The fourth-order valence-corrected chi connectivity index (χ4v) is 8.78. The molecule has 7 aromatic rings. The molecule has 0 fully saturated rings. The molecule has 3 nitrogen and oxygen atoms in total. The minimum absolute atomic E-state index is 0.126. The van der Waals surface area contributed by atoms with E-state index in [-0.39, 0.29) is 5.92 Å². The zero-order valence-corrected chi connectivity index (χ0v) is 30.5. The molecule has 1 unspecified atom stereocenters. The number of hydrogen-bond donors (Lipinski definition) is 0. The van der Waals surface area contributed by atoms with Crippen LogP contribution in [-0.4, -0.2) is 15.0 Å². The highest BCUT2D eigenvalue weighted by Gasteiger charge is 2.46. The van der Waals surface area contributed by atoms with E-state index in [2.05, 4.69) is 176 Å². The predicted molar refractivity (Wildman–Crippen MR) is 225 cm³/mol. The van der Waals surface area contributed by atoms with Crippen molar-refractivity contribution in [1.29, 1.82) is 0 Å². The van der Waals surface area contributed by atoms with Gasteiger partial charge in [-0.1, -0.05) is 176 Å². The number of aromatic nitrogens is 3. The zero-order valence-electron chi connectivity index (χ0n) is 30.5. The molecule has 0 N–H and O–H groups in total. The minimum Gasteiger partial charge on any atom is -0.212 e. The molecule has 6 aromatic carbocycles. The second kappa shape index (κ2) is 13.9. The smallest absolute Gasteiger partial charge is 0.163 e. The van der Waals surface area contributed by atoms with Gasteiger partial charge in [-0.05, 0) is 93.1 Å². The Kier molecular flexibility index (Phi) is 8.33. The maximum atomic E-state index is 5.09. The third-order valence-electron chi connectivity index (χ3n) is 11.4. The van der Waals surface area contributed by atoms with Crippen molar-refractivity contribution in [2.24, 2.45) is 0 Å². The van der Waals surface area contributed by atoms with Gasteiger partial charge in [0.25, 0.3) is 0 Å². The van der Waals surface area contributed by atoms with Gasteiger partial charge in [-0.15, -0.1) is 0 Å². The molecule has 0 amide bonds. The van der Waals surface area contributed by atoms with E-state index in [4.69, 9.17) is 15.0 Å². The third-order valence-corrected chi connectivity index (χ3v) is 11.4. The summed E-state index contributed by atoms with van der Waals surface area (Å²) in [4.78, 5) is 15.1. The molecule has 0 saturated carbocycles. The fourth-order valence-electron chi connectivity index (χ4n) is 8.78. The Morgan fingerprint density at radius 2 is 1.16 bits per heavy atom. The van der Waals surface area contributed by atoms with E-state index in [0.29, 0.717) is 5.82 Å². The van der Waals surface area contributed by atoms with Crippen molar-refractivity contribution >= 4 is 11.1 Å². The monoisotopic (exact) mass is 705 g/mol. The van der Waals surface area contributed by atoms with Crippen LogP contribution in [0.15, 0.2) is 194 Å². The highest BCUT2D eigenvalue weighted by molar-refractivity contribution is 5.89. The molecule has 3 aliphatic rings. The second-order valence-corrected chi connectivity index (χ2v) is 14.6. The predicted octanol–water partition coefficient (Wildman–Crippen LogP) is 12.4. The molecule has 0 spiro atoms. The van der Waals surface area contributed by atoms with Gasteiger partial charge in [0.2, 0.25) is 0 Å². The molecular weight excluding hydrogens is 667 g/mol. The van der Waals surface area contributed by atoms with Crippen LogP contribution in [0.1, 0.15) is 64.6 Å². The lowest BCUT2D eigenvalue weighted by atomic mass is 9.67. The van der Waals surface area contributed by atoms with E-state index in [0.717, 1.165) is 42.0 Å². The van der Waals surface area contributed by atoms with Crippen molar-refractivity contribution in [3.05, 3.63) is 234 Å². The van der Waals surface area contributed by atoms with Crippen LogP contribution in [0, 0.1) is 0 Å². The molecular formula is C52H39N3. The molecule has 1 atom stereocenters. The number of rotatable bonds is 7. The summed E-state index contributed by atoms with van der Waals surface area (Å²) >= 11 is 0. The summed E-state index contributed by atoms with van der Waals surface area (Å²) in [6.07, 6.45) is 15.9. The van der Waals surface area contributed by atoms with Gasteiger partial charge in [-0.25, -0.2) is 15.0 Å². The Balaban J connectivity index is 1.06. The quantitative estimate of drug-likeness (QED) is 0.166. The van der Waals surface area contributed by atoms with Crippen molar-refractivity contribution in [1.82, 2.24) is 15.0 Å². The topological polar surface area (TPSA) is 38.7 Å². The first kappa shape index (κ1) is 32.9. The van der Waals surface area contributed by atoms with Crippen LogP contribution >= 0.6 is 0 Å². The first-order chi connectivity index (χ1) is 27.3. The Hall–Kier alpha value is -6.71. The first-order valence-corrected chi connectivity index (χ1v) is 19.3. The molecule has 0 radical (unpaired) electrons. The molecule has 3 heteroatoms. The van der Waals surface area contributed by atoms with Crippen molar-refractivity contribution in [3.63, 3.8) is 0 Å². The molecule has 0 aliphatic heterocycles. The first-order valence-electron chi connectivity index (χ1n) is 19.3. The lowest BCUT2D eigenvalue weighted by molar-refractivity contribution is 0.756. The van der Waals surface area contributed by atoms with Crippen molar-refractivity contribution in [2.45, 2.75) is 30.6 Å². The minimum atomic E-state index is -0.431. The van der Waals surface area contributed by atoms with Crippen LogP contribution in [-0.2, 0) is 5.41 Å². The molecule has 3 aliphatic carbocycles. The number of nitrogens with zero attached hydrogens (tertiary/aromatic N) is 3. The lowest BCUT2D eigenvalue weighted by Crippen LogP contribution is -2.28. The number of allylic oxidation sites excluding steroid dienone is 8.